The molecule has 0 saturated carbocycles. The van der Waals surface area contributed by atoms with E-state index in [0.717, 1.165) is 10.4 Å². The van der Waals surface area contributed by atoms with Crippen molar-refractivity contribution in [1.29, 1.82) is 0 Å². The molecule has 5 rings (SSSR count). The normalized spacial score (nSPS) is 18.4. The van der Waals surface area contributed by atoms with Crippen LogP contribution in [0.5, 0.6) is 0 Å². The van der Waals surface area contributed by atoms with E-state index in [1.807, 2.05) is 36.4 Å². The van der Waals surface area contributed by atoms with Crippen LogP contribution < -0.4 is 15.7 Å². The SMILES string of the molecule is CN(C)/C=N/c1ncnc2c1c(C#CCNC(=O)C(F)(F)F)cn2C1CC(O)C(CO[Si](c2ccccc2)(c2ccccc2)C(C)(C)C)O1. The molecule has 258 valence electrons. The van der Waals surface area contributed by atoms with Gasteiger partial charge in [-0.05, 0) is 15.4 Å². The van der Waals surface area contributed by atoms with Gasteiger partial charge in [-0.1, -0.05) is 93.3 Å². The molecular formula is C35H39F3N6O4Si. The second-order valence-electron chi connectivity index (χ2n) is 12.9. The van der Waals surface area contributed by atoms with Crippen molar-refractivity contribution in [2.75, 3.05) is 27.2 Å². The Bertz CT molecular complexity index is 1810. The van der Waals surface area contributed by atoms with Crippen molar-refractivity contribution in [1.82, 2.24) is 24.8 Å². The van der Waals surface area contributed by atoms with Crippen LogP contribution in [0.15, 0.2) is 78.2 Å². The average molecular weight is 693 g/mol. The lowest BCUT2D eigenvalue weighted by Gasteiger charge is -2.43. The van der Waals surface area contributed by atoms with Crippen LogP contribution in [0.4, 0.5) is 19.0 Å². The summed E-state index contributed by atoms with van der Waals surface area (Å²) < 4.78 is 53.2. The number of alkyl halides is 3. The number of fused-ring (bicyclic) bond motifs is 1. The summed E-state index contributed by atoms with van der Waals surface area (Å²) in [7, 11) is 0.674. The molecular weight excluding hydrogens is 654 g/mol. The number of aliphatic imine (C=N–C) groups is 1. The molecule has 4 aromatic rings. The number of aliphatic hydroxyl groups is 1. The molecule has 2 aromatic heterocycles. The monoisotopic (exact) mass is 692 g/mol. The van der Waals surface area contributed by atoms with Crippen molar-refractivity contribution in [3.8, 4) is 11.8 Å². The Balaban J connectivity index is 1.46. The standard InChI is InChI=1S/C35H39F3N6O4Si/c1-34(2,3)49(25-14-8-6-9-15-25,26-16-10-7-11-17-26)47-21-28-27(45)19-29(48-28)44-20-24(13-12-18-39-33(46)35(36,37)38)30-31(42-23-43(4)5)40-22-41-32(30)44/h6-11,14-17,20,22-23,27-29,45H,18-19,21H2,1-5H3,(H,39,46)/b42-23+. The fourth-order valence-corrected chi connectivity index (χ4v) is 10.6. The highest BCUT2D eigenvalue weighted by Gasteiger charge is 2.51. The van der Waals surface area contributed by atoms with Crippen LogP contribution in [0.1, 0.15) is 39.0 Å². The summed E-state index contributed by atoms with van der Waals surface area (Å²) in [6, 6.07) is 20.4. The maximum Gasteiger partial charge on any atom is 0.471 e. The van der Waals surface area contributed by atoms with E-state index >= 15 is 0 Å². The minimum atomic E-state index is -5.02. The molecule has 0 aliphatic carbocycles. The highest BCUT2D eigenvalue weighted by atomic mass is 28.4. The molecule has 1 saturated heterocycles. The van der Waals surface area contributed by atoms with Gasteiger partial charge in [-0.15, -0.1) is 0 Å². The number of carbonyl (C=O) groups is 1. The molecule has 1 amide bonds. The summed E-state index contributed by atoms with van der Waals surface area (Å²) in [4.78, 5) is 26.2. The maximum atomic E-state index is 12.7. The van der Waals surface area contributed by atoms with Crippen LogP contribution >= 0.6 is 0 Å². The van der Waals surface area contributed by atoms with Crippen LogP contribution in [-0.4, -0.2) is 90.7 Å². The predicted octanol–water partition coefficient (Wildman–Crippen LogP) is 3.91. The number of halogens is 3. The fraction of sp³-hybridized carbons (Fsp3) is 0.371. The van der Waals surface area contributed by atoms with Crippen molar-refractivity contribution in [2.45, 2.75) is 56.8 Å². The third-order valence-electron chi connectivity index (χ3n) is 8.21. The summed E-state index contributed by atoms with van der Waals surface area (Å²) in [5.74, 6) is 3.61. The number of nitrogens with zero attached hydrogens (tertiary/aromatic N) is 5. The third kappa shape index (κ3) is 7.70. The molecule has 49 heavy (non-hydrogen) atoms. The number of benzene rings is 2. The Morgan fingerprint density at radius 2 is 1.76 bits per heavy atom. The first-order valence-corrected chi connectivity index (χ1v) is 17.6. The number of aliphatic hydroxyl groups excluding tert-OH is 1. The lowest BCUT2D eigenvalue weighted by Crippen LogP contribution is -2.67. The molecule has 1 aliphatic rings. The second-order valence-corrected chi connectivity index (χ2v) is 17.2. The lowest BCUT2D eigenvalue weighted by atomic mass is 10.2. The van der Waals surface area contributed by atoms with Crippen molar-refractivity contribution < 1.29 is 32.2 Å². The quantitative estimate of drug-likeness (QED) is 0.118. The molecule has 3 unspecified atom stereocenters. The molecule has 0 bridgehead atoms. The van der Waals surface area contributed by atoms with Gasteiger partial charge in [0.2, 0.25) is 0 Å². The van der Waals surface area contributed by atoms with Crippen molar-refractivity contribution >= 4 is 47.8 Å². The van der Waals surface area contributed by atoms with E-state index in [9.17, 15) is 23.1 Å². The zero-order chi connectivity index (χ0) is 35.4. The number of aromatic nitrogens is 3. The maximum absolute atomic E-state index is 12.7. The Morgan fingerprint density at radius 3 is 2.33 bits per heavy atom. The van der Waals surface area contributed by atoms with Crippen LogP contribution in [0.25, 0.3) is 11.0 Å². The smallest absolute Gasteiger partial charge is 0.405 e. The average Bonchev–Trinajstić information content (AvgIpc) is 3.62. The predicted molar refractivity (Wildman–Crippen MR) is 183 cm³/mol. The summed E-state index contributed by atoms with van der Waals surface area (Å²) in [5.41, 5.74) is 0.781. The number of rotatable bonds is 9. The van der Waals surface area contributed by atoms with Crippen LogP contribution in [0.3, 0.4) is 0 Å². The van der Waals surface area contributed by atoms with Gasteiger partial charge >= 0.3 is 12.1 Å². The molecule has 10 nitrogen and oxygen atoms in total. The van der Waals surface area contributed by atoms with Gasteiger partial charge in [0.1, 0.15) is 24.3 Å². The minimum Gasteiger partial charge on any atom is -0.405 e. The first kappa shape index (κ1) is 35.7. The fourth-order valence-electron chi connectivity index (χ4n) is 6.02. The Labute approximate surface area is 284 Å². The molecule has 1 aliphatic heterocycles. The lowest BCUT2D eigenvalue weighted by molar-refractivity contribution is -0.173. The largest absolute Gasteiger partial charge is 0.471 e. The van der Waals surface area contributed by atoms with Crippen molar-refractivity contribution in [3.63, 3.8) is 0 Å². The summed E-state index contributed by atoms with van der Waals surface area (Å²) in [6.45, 7) is 6.12. The summed E-state index contributed by atoms with van der Waals surface area (Å²) in [5, 5.41) is 15.4. The molecule has 3 atom stereocenters. The third-order valence-corrected chi connectivity index (χ3v) is 13.2. The molecule has 2 aromatic carbocycles. The van der Waals surface area contributed by atoms with Gasteiger partial charge in [-0.2, -0.15) is 13.2 Å². The number of carbonyl (C=O) groups excluding carboxylic acids is 1. The van der Waals surface area contributed by atoms with E-state index in [4.69, 9.17) is 9.16 Å². The Morgan fingerprint density at radius 1 is 1.12 bits per heavy atom. The number of nitrogens with one attached hydrogen (secondary N) is 1. The van der Waals surface area contributed by atoms with Gasteiger partial charge in [0.25, 0.3) is 8.32 Å². The number of hydrogen-bond donors (Lipinski definition) is 2. The van der Waals surface area contributed by atoms with Gasteiger partial charge in [-0.25, -0.2) is 15.0 Å². The molecule has 14 heteroatoms. The Hall–Kier alpha value is -4.55. The number of amides is 1. The second kappa shape index (κ2) is 14.5. The molecule has 1 fully saturated rings. The van der Waals surface area contributed by atoms with Gasteiger partial charge < -0.3 is 29.1 Å². The molecule has 0 radical (unpaired) electrons. The number of hydrogen-bond acceptors (Lipinski definition) is 7. The van der Waals surface area contributed by atoms with Crippen LogP contribution in [0, 0.1) is 11.8 Å². The van der Waals surface area contributed by atoms with Gasteiger partial charge in [-0.3, -0.25) is 4.79 Å². The van der Waals surface area contributed by atoms with Gasteiger partial charge in [0, 0.05) is 26.7 Å². The topological polar surface area (TPSA) is 114 Å². The summed E-state index contributed by atoms with van der Waals surface area (Å²) in [6.07, 6.45) is -2.48. The van der Waals surface area contributed by atoms with Crippen LogP contribution in [0.2, 0.25) is 5.04 Å². The first-order chi connectivity index (χ1) is 23.2. The van der Waals surface area contributed by atoms with E-state index in [1.165, 1.54) is 6.33 Å². The van der Waals surface area contributed by atoms with E-state index < -0.39 is 45.4 Å². The van der Waals surface area contributed by atoms with E-state index in [1.54, 1.807) is 41.4 Å². The minimum absolute atomic E-state index is 0.128. The van der Waals surface area contributed by atoms with Gasteiger partial charge in [0.15, 0.2) is 5.82 Å². The van der Waals surface area contributed by atoms with E-state index in [0.29, 0.717) is 16.6 Å². The zero-order valence-electron chi connectivity index (χ0n) is 27.9. The Kier molecular flexibility index (Phi) is 10.6. The summed E-state index contributed by atoms with van der Waals surface area (Å²) >= 11 is 0. The first-order valence-electron chi connectivity index (χ1n) is 15.7. The van der Waals surface area contributed by atoms with Crippen molar-refractivity contribution in [2.24, 2.45) is 4.99 Å². The molecule has 3 heterocycles. The molecule has 0 spiro atoms. The number of ether oxygens (including phenoxy) is 1. The van der Waals surface area contributed by atoms with Crippen molar-refractivity contribution in [3.05, 3.63) is 78.8 Å². The molecule has 2 N–H and O–H groups in total. The van der Waals surface area contributed by atoms with Gasteiger partial charge in [0.05, 0.1) is 36.5 Å². The van der Waals surface area contributed by atoms with Crippen LogP contribution in [-0.2, 0) is 14.0 Å². The zero-order valence-corrected chi connectivity index (χ0v) is 28.9. The van der Waals surface area contributed by atoms with E-state index in [2.05, 4.69) is 71.8 Å². The highest BCUT2D eigenvalue weighted by Crippen LogP contribution is 2.39. The van der Waals surface area contributed by atoms with E-state index in [-0.39, 0.29) is 23.9 Å². The highest BCUT2D eigenvalue weighted by molar-refractivity contribution is 6.99.